The number of rotatable bonds is 2. The molecule has 88 valence electrons. The molecule has 0 spiro atoms. The van der Waals surface area contributed by atoms with E-state index in [-0.39, 0.29) is 6.10 Å². The molecule has 5 heteroatoms. The molecule has 1 aliphatic heterocycles. The molecule has 2 heterocycles. The lowest BCUT2D eigenvalue weighted by Crippen LogP contribution is -2.41. The smallest absolute Gasteiger partial charge is 0.147 e. The molecule has 2 rings (SSSR count). The summed E-state index contributed by atoms with van der Waals surface area (Å²) in [5, 5.41) is 0.666. The van der Waals surface area contributed by atoms with Crippen molar-refractivity contribution < 1.29 is 4.74 Å². The Hall–Kier alpha value is -0.840. The summed E-state index contributed by atoms with van der Waals surface area (Å²) >= 11 is 6.26. The van der Waals surface area contributed by atoms with Crippen molar-refractivity contribution in [2.75, 3.05) is 24.6 Å². The summed E-state index contributed by atoms with van der Waals surface area (Å²) in [7, 11) is 0. The first-order valence-electron chi connectivity index (χ1n) is 5.42. The molecule has 1 aromatic rings. The quantitative estimate of drug-likeness (QED) is 0.851. The van der Waals surface area contributed by atoms with E-state index in [0.717, 1.165) is 24.5 Å². The van der Waals surface area contributed by atoms with Gasteiger partial charge in [0.25, 0.3) is 0 Å². The van der Waals surface area contributed by atoms with Crippen molar-refractivity contribution in [3.63, 3.8) is 0 Å². The Kier molecular flexibility index (Phi) is 3.63. The van der Waals surface area contributed by atoms with Crippen LogP contribution >= 0.6 is 11.6 Å². The number of halogens is 1. The molecule has 0 radical (unpaired) electrons. The fourth-order valence-corrected chi connectivity index (χ4v) is 2.17. The molecule has 0 bridgehead atoms. The average Bonchev–Trinajstić information content (AvgIpc) is 2.29. The van der Waals surface area contributed by atoms with Crippen LogP contribution in [0.2, 0.25) is 5.02 Å². The summed E-state index contributed by atoms with van der Waals surface area (Å²) < 4.78 is 5.49. The second-order valence-corrected chi connectivity index (χ2v) is 4.32. The lowest BCUT2D eigenvalue weighted by atomic mass is 10.2. The van der Waals surface area contributed by atoms with E-state index in [1.165, 1.54) is 0 Å². The van der Waals surface area contributed by atoms with Crippen LogP contribution in [0.15, 0.2) is 12.3 Å². The molecule has 1 saturated heterocycles. The maximum Gasteiger partial charge on any atom is 0.147 e. The number of aromatic nitrogens is 1. The number of anilines is 1. The molecule has 0 saturated carbocycles. The van der Waals surface area contributed by atoms with Crippen molar-refractivity contribution in [3.8, 4) is 0 Å². The topological polar surface area (TPSA) is 51.4 Å². The molecule has 16 heavy (non-hydrogen) atoms. The highest BCUT2D eigenvalue weighted by molar-refractivity contribution is 6.33. The minimum absolute atomic E-state index is 0.216. The van der Waals surface area contributed by atoms with Crippen LogP contribution < -0.4 is 10.6 Å². The van der Waals surface area contributed by atoms with E-state index >= 15 is 0 Å². The van der Waals surface area contributed by atoms with E-state index in [9.17, 15) is 0 Å². The Labute approximate surface area is 100 Å². The van der Waals surface area contributed by atoms with Crippen LogP contribution in [0.1, 0.15) is 12.5 Å². The molecule has 0 aromatic carbocycles. The molecule has 1 fully saturated rings. The molecular weight excluding hydrogens is 226 g/mol. The average molecular weight is 242 g/mol. The number of ether oxygens (including phenoxy) is 1. The summed E-state index contributed by atoms with van der Waals surface area (Å²) in [6.07, 6.45) is 1.97. The summed E-state index contributed by atoms with van der Waals surface area (Å²) in [6.45, 7) is 4.85. The second-order valence-electron chi connectivity index (χ2n) is 3.94. The SMILES string of the molecule is CC1CN(c2nccc(CN)c2Cl)CCO1. The van der Waals surface area contributed by atoms with Gasteiger partial charge in [-0.1, -0.05) is 11.6 Å². The third kappa shape index (κ3) is 2.29. The Morgan fingerprint density at radius 3 is 3.19 bits per heavy atom. The van der Waals surface area contributed by atoms with Gasteiger partial charge < -0.3 is 15.4 Å². The second kappa shape index (κ2) is 4.99. The highest BCUT2D eigenvalue weighted by Gasteiger charge is 2.20. The molecule has 2 N–H and O–H groups in total. The molecule has 1 aliphatic rings. The van der Waals surface area contributed by atoms with Crippen LogP contribution in [0.3, 0.4) is 0 Å². The fraction of sp³-hybridized carbons (Fsp3) is 0.545. The number of pyridine rings is 1. The lowest BCUT2D eigenvalue weighted by Gasteiger charge is -2.32. The van der Waals surface area contributed by atoms with Crippen molar-refractivity contribution in [2.24, 2.45) is 5.73 Å². The maximum absolute atomic E-state index is 6.26. The first kappa shape index (κ1) is 11.6. The normalized spacial score (nSPS) is 21.2. The zero-order chi connectivity index (χ0) is 11.5. The van der Waals surface area contributed by atoms with Crippen LogP contribution in [0.4, 0.5) is 5.82 Å². The van der Waals surface area contributed by atoms with E-state index in [2.05, 4.69) is 9.88 Å². The van der Waals surface area contributed by atoms with Crippen molar-refractivity contribution in [3.05, 3.63) is 22.8 Å². The zero-order valence-electron chi connectivity index (χ0n) is 9.32. The van der Waals surface area contributed by atoms with Crippen LogP contribution in [0.5, 0.6) is 0 Å². The third-order valence-electron chi connectivity index (χ3n) is 2.71. The number of nitrogens with two attached hydrogens (primary N) is 1. The molecular formula is C11H16ClN3O. The number of nitrogens with zero attached hydrogens (tertiary/aromatic N) is 2. The summed E-state index contributed by atoms with van der Waals surface area (Å²) in [5.74, 6) is 0.819. The van der Waals surface area contributed by atoms with Gasteiger partial charge >= 0.3 is 0 Å². The van der Waals surface area contributed by atoms with Gasteiger partial charge in [-0.15, -0.1) is 0 Å². The van der Waals surface area contributed by atoms with Gasteiger partial charge in [0.2, 0.25) is 0 Å². The van der Waals surface area contributed by atoms with Crippen LogP contribution in [0.25, 0.3) is 0 Å². The Morgan fingerprint density at radius 1 is 1.69 bits per heavy atom. The van der Waals surface area contributed by atoms with E-state index in [0.29, 0.717) is 18.2 Å². The molecule has 0 aliphatic carbocycles. The van der Waals surface area contributed by atoms with E-state index in [1.54, 1.807) is 6.20 Å². The lowest BCUT2D eigenvalue weighted by molar-refractivity contribution is 0.0529. The van der Waals surface area contributed by atoms with Crippen molar-refractivity contribution in [2.45, 2.75) is 19.6 Å². The highest BCUT2D eigenvalue weighted by Crippen LogP contribution is 2.27. The van der Waals surface area contributed by atoms with E-state index in [4.69, 9.17) is 22.1 Å². The highest BCUT2D eigenvalue weighted by atomic mass is 35.5. The third-order valence-corrected chi connectivity index (χ3v) is 3.12. The van der Waals surface area contributed by atoms with Crippen molar-refractivity contribution in [1.82, 2.24) is 4.98 Å². The first-order valence-corrected chi connectivity index (χ1v) is 5.80. The first-order chi connectivity index (χ1) is 7.72. The minimum atomic E-state index is 0.216. The standard InChI is InChI=1S/C11H16ClN3O/c1-8-7-15(4-5-16-8)11-10(12)9(6-13)2-3-14-11/h2-3,8H,4-7,13H2,1H3. The van der Waals surface area contributed by atoms with Gasteiger partial charge in [0.05, 0.1) is 17.7 Å². The van der Waals surface area contributed by atoms with Crippen LogP contribution in [-0.4, -0.2) is 30.8 Å². The Bertz CT molecular complexity index is 372. The van der Waals surface area contributed by atoms with Crippen molar-refractivity contribution in [1.29, 1.82) is 0 Å². The fourth-order valence-electron chi connectivity index (χ4n) is 1.86. The van der Waals surface area contributed by atoms with Gasteiger partial charge in [0.15, 0.2) is 0 Å². The maximum atomic E-state index is 6.26. The van der Waals surface area contributed by atoms with Gasteiger partial charge in [-0.3, -0.25) is 0 Å². The minimum Gasteiger partial charge on any atom is -0.375 e. The molecule has 1 unspecified atom stereocenters. The summed E-state index contributed by atoms with van der Waals surface area (Å²) in [6, 6.07) is 1.86. The summed E-state index contributed by atoms with van der Waals surface area (Å²) in [5.41, 5.74) is 6.56. The molecule has 0 amide bonds. The zero-order valence-corrected chi connectivity index (χ0v) is 10.1. The van der Waals surface area contributed by atoms with E-state index in [1.807, 2.05) is 13.0 Å². The monoisotopic (exact) mass is 241 g/mol. The van der Waals surface area contributed by atoms with Gasteiger partial charge in [-0.25, -0.2) is 4.98 Å². The number of hydrogen-bond acceptors (Lipinski definition) is 4. The summed E-state index contributed by atoms with van der Waals surface area (Å²) in [4.78, 5) is 6.48. The van der Waals surface area contributed by atoms with Crippen LogP contribution in [-0.2, 0) is 11.3 Å². The molecule has 1 aromatic heterocycles. The van der Waals surface area contributed by atoms with Crippen LogP contribution in [0, 0.1) is 0 Å². The van der Waals surface area contributed by atoms with Gasteiger partial charge in [0, 0.05) is 25.8 Å². The number of hydrogen-bond donors (Lipinski definition) is 1. The predicted octanol–water partition coefficient (Wildman–Crippen LogP) is 1.42. The van der Waals surface area contributed by atoms with Crippen molar-refractivity contribution >= 4 is 17.4 Å². The largest absolute Gasteiger partial charge is 0.375 e. The molecule has 4 nitrogen and oxygen atoms in total. The Balaban J connectivity index is 2.25. The van der Waals surface area contributed by atoms with E-state index < -0.39 is 0 Å². The number of morpholine rings is 1. The molecule has 1 atom stereocenters. The predicted molar refractivity (Wildman–Crippen MR) is 64.8 cm³/mol. The Morgan fingerprint density at radius 2 is 2.50 bits per heavy atom. The van der Waals surface area contributed by atoms with Gasteiger partial charge in [-0.05, 0) is 18.6 Å². The van der Waals surface area contributed by atoms with Gasteiger partial charge in [-0.2, -0.15) is 0 Å². The van der Waals surface area contributed by atoms with Gasteiger partial charge in [0.1, 0.15) is 5.82 Å².